The van der Waals surface area contributed by atoms with Crippen LogP contribution >= 0.6 is 27.3 Å². The predicted octanol–water partition coefficient (Wildman–Crippen LogP) is 5.13. The number of hydrogen-bond donors (Lipinski definition) is 3. The molecule has 2 heterocycles. The number of likely N-dealkylation sites (tertiary alicyclic amines) is 1. The first-order valence-electron chi connectivity index (χ1n) is 14.1. The van der Waals surface area contributed by atoms with Crippen molar-refractivity contribution in [3.63, 3.8) is 0 Å². The molecular formula is C30H43BrN4O4S. The molecule has 8 nitrogen and oxygen atoms in total. The Morgan fingerprint density at radius 3 is 2.40 bits per heavy atom. The molecule has 0 saturated carbocycles. The van der Waals surface area contributed by atoms with E-state index in [0.717, 1.165) is 52.7 Å². The van der Waals surface area contributed by atoms with Crippen molar-refractivity contribution in [1.82, 2.24) is 20.5 Å². The van der Waals surface area contributed by atoms with Crippen LogP contribution in [0.25, 0.3) is 10.4 Å². The topological polar surface area (TPSA) is 112 Å². The third-order valence-corrected chi connectivity index (χ3v) is 8.89. The monoisotopic (exact) mass is 634 g/mol. The number of hydrogen-bond acceptors (Lipinski definition) is 6. The van der Waals surface area contributed by atoms with Gasteiger partial charge in [-0.3, -0.25) is 14.4 Å². The van der Waals surface area contributed by atoms with Crippen molar-refractivity contribution in [2.45, 2.75) is 97.4 Å². The maximum absolute atomic E-state index is 13.7. The molecule has 3 amide bonds. The van der Waals surface area contributed by atoms with Gasteiger partial charge in [-0.25, -0.2) is 4.98 Å². The highest BCUT2D eigenvalue weighted by Crippen LogP contribution is 2.29. The molecular weight excluding hydrogens is 592 g/mol. The fourth-order valence-electron chi connectivity index (χ4n) is 4.98. The summed E-state index contributed by atoms with van der Waals surface area (Å²) in [5, 5.41) is 17.4. The Hall–Kier alpha value is -2.30. The second kappa shape index (κ2) is 14.5. The Labute approximate surface area is 250 Å². The smallest absolute Gasteiger partial charge is 0.246 e. The number of halogens is 1. The number of amides is 3. The molecule has 1 fully saturated rings. The quantitative estimate of drug-likeness (QED) is 0.221. The number of aromatic nitrogens is 1. The van der Waals surface area contributed by atoms with Crippen LogP contribution < -0.4 is 10.6 Å². The van der Waals surface area contributed by atoms with Crippen LogP contribution in [0.1, 0.15) is 83.5 Å². The van der Waals surface area contributed by atoms with E-state index in [1.807, 2.05) is 64.4 Å². The lowest BCUT2D eigenvalue weighted by molar-refractivity contribution is -0.144. The molecule has 1 aromatic carbocycles. The third kappa shape index (κ3) is 8.60. The minimum Gasteiger partial charge on any atom is -0.391 e. The van der Waals surface area contributed by atoms with Crippen molar-refractivity contribution < 1.29 is 19.5 Å². The number of thiazole rings is 1. The first-order chi connectivity index (χ1) is 18.9. The first kappa shape index (κ1) is 32.2. The Morgan fingerprint density at radius 1 is 1.12 bits per heavy atom. The summed E-state index contributed by atoms with van der Waals surface area (Å²) in [5.74, 6) is -0.821. The molecule has 220 valence electrons. The number of aliphatic hydroxyl groups is 1. The lowest BCUT2D eigenvalue weighted by Gasteiger charge is -2.35. The van der Waals surface area contributed by atoms with Crippen LogP contribution in [0.4, 0.5) is 0 Å². The number of carbonyl (C=O) groups is 3. The zero-order valence-corrected chi connectivity index (χ0v) is 26.6. The summed E-state index contributed by atoms with van der Waals surface area (Å²) < 4.78 is 0. The number of nitrogens with zero attached hydrogens (tertiary/aromatic N) is 2. The van der Waals surface area contributed by atoms with Gasteiger partial charge in [-0.05, 0) is 43.2 Å². The molecule has 3 N–H and O–H groups in total. The van der Waals surface area contributed by atoms with Gasteiger partial charge in [0.15, 0.2) is 0 Å². The molecule has 0 bridgehead atoms. The highest BCUT2D eigenvalue weighted by molar-refractivity contribution is 9.09. The van der Waals surface area contributed by atoms with Gasteiger partial charge in [0, 0.05) is 24.7 Å². The average molecular weight is 636 g/mol. The number of carbonyl (C=O) groups excluding carboxylic acids is 3. The molecule has 0 spiro atoms. The Morgan fingerprint density at radius 2 is 1.80 bits per heavy atom. The highest BCUT2D eigenvalue weighted by Gasteiger charge is 2.44. The number of unbranched alkanes of at least 4 members (excludes halogenated alkanes) is 3. The maximum Gasteiger partial charge on any atom is 0.246 e. The largest absolute Gasteiger partial charge is 0.391 e. The molecule has 10 heteroatoms. The predicted molar refractivity (Wildman–Crippen MR) is 163 cm³/mol. The van der Waals surface area contributed by atoms with Gasteiger partial charge in [-0.1, -0.05) is 73.8 Å². The van der Waals surface area contributed by atoms with Crippen molar-refractivity contribution in [3.05, 3.63) is 41.0 Å². The van der Waals surface area contributed by atoms with Crippen LogP contribution in [0, 0.1) is 12.3 Å². The van der Waals surface area contributed by atoms with Gasteiger partial charge in [0.25, 0.3) is 0 Å². The van der Waals surface area contributed by atoms with Crippen molar-refractivity contribution in [3.8, 4) is 10.4 Å². The summed E-state index contributed by atoms with van der Waals surface area (Å²) in [6.45, 7) is 9.63. The standard InChI is InChI=1S/C30H43BrN4O4S/c1-19(21-11-13-22(14-12-21)26-20(2)32-18-40-26)33-28(38)24-16-23(36)17-35(24)29(39)27(30(3,4)5)34-25(37)10-8-6-7-9-15-31/h11-14,18-19,23-24,27,36H,6-10,15-17H2,1-5H3,(H,33,38)(H,34,37)/t19-,23?,24?,27?/m0/s1. The fraction of sp³-hybridized carbons (Fsp3) is 0.600. The fourth-order valence-corrected chi connectivity index (χ4v) is 6.19. The van der Waals surface area contributed by atoms with E-state index in [-0.39, 0.29) is 36.7 Å². The van der Waals surface area contributed by atoms with Crippen molar-refractivity contribution in [2.24, 2.45) is 5.41 Å². The van der Waals surface area contributed by atoms with E-state index in [0.29, 0.717) is 6.42 Å². The zero-order valence-electron chi connectivity index (χ0n) is 24.2. The number of aryl methyl sites for hydroxylation is 1. The van der Waals surface area contributed by atoms with E-state index in [4.69, 9.17) is 0 Å². The van der Waals surface area contributed by atoms with Gasteiger partial charge in [-0.15, -0.1) is 11.3 Å². The summed E-state index contributed by atoms with van der Waals surface area (Å²) in [5.41, 5.74) is 4.26. The Kier molecular flexibility index (Phi) is 11.7. The van der Waals surface area contributed by atoms with E-state index in [2.05, 4.69) is 31.5 Å². The number of alkyl halides is 1. The van der Waals surface area contributed by atoms with Gasteiger partial charge in [0.1, 0.15) is 12.1 Å². The summed E-state index contributed by atoms with van der Waals surface area (Å²) in [6, 6.07) is 6.10. The Bertz CT molecular complexity index is 1150. The normalized spacial score (nSPS) is 18.8. The Balaban J connectivity index is 1.65. The van der Waals surface area contributed by atoms with Crippen molar-refractivity contribution in [1.29, 1.82) is 0 Å². The number of rotatable bonds is 12. The molecule has 2 aromatic rings. The average Bonchev–Trinajstić information content (AvgIpc) is 3.51. The molecule has 1 saturated heterocycles. The molecule has 1 aliphatic heterocycles. The van der Waals surface area contributed by atoms with Gasteiger partial charge in [0.05, 0.1) is 28.2 Å². The number of benzene rings is 1. The molecule has 1 aromatic heterocycles. The van der Waals surface area contributed by atoms with Crippen LogP contribution in [-0.2, 0) is 14.4 Å². The van der Waals surface area contributed by atoms with E-state index in [9.17, 15) is 19.5 Å². The van der Waals surface area contributed by atoms with E-state index < -0.39 is 23.6 Å². The van der Waals surface area contributed by atoms with Crippen molar-refractivity contribution in [2.75, 3.05) is 11.9 Å². The summed E-state index contributed by atoms with van der Waals surface area (Å²) in [4.78, 5) is 46.7. The SMILES string of the molecule is Cc1ncsc1-c1ccc([C@H](C)NC(=O)C2CC(O)CN2C(=O)C(NC(=O)CCCCCCBr)C(C)(C)C)cc1. The van der Waals surface area contributed by atoms with Gasteiger partial charge in [0.2, 0.25) is 17.7 Å². The molecule has 40 heavy (non-hydrogen) atoms. The molecule has 0 aliphatic carbocycles. The second-order valence-corrected chi connectivity index (χ2v) is 13.4. The zero-order chi connectivity index (χ0) is 29.4. The van der Waals surface area contributed by atoms with Crippen LogP contribution in [-0.4, -0.2) is 62.8 Å². The molecule has 1 aliphatic rings. The summed E-state index contributed by atoms with van der Waals surface area (Å²) in [6.07, 6.45) is 3.56. The lowest BCUT2D eigenvalue weighted by atomic mass is 9.85. The van der Waals surface area contributed by atoms with E-state index >= 15 is 0 Å². The van der Waals surface area contributed by atoms with Crippen LogP contribution in [0.3, 0.4) is 0 Å². The van der Waals surface area contributed by atoms with Gasteiger partial charge >= 0.3 is 0 Å². The van der Waals surface area contributed by atoms with Crippen LogP contribution in [0.15, 0.2) is 29.8 Å². The van der Waals surface area contributed by atoms with Crippen molar-refractivity contribution >= 4 is 45.0 Å². The molecule has 3 unspecified atom stereocenters. The number of aliphatic hydroxyl groups excluding tert-OH is 1. The van der Waals surface area contributed by atoms with Gasteiger partial charge < -0.3 is 20.6 Å². The highest BCUT2D eigenvalue weighted by atomic mass is 79.9. The minimum absolute atomic E-state index is 0.0587. The molecule has 4 atom stereocenters. The minimum atomic E-state index is -0.810. The molecule has 3 rings (SSSR count). The van der Waals surface area contributed by atoms with Gasteiger partial charge in [-0.2, -0.15) is 0 Å². The maximum atomic E-state index is 13.7. The summed E-state index contributed by atoms with van der Waals surface area (Å²) >= 11 is 5.01. The van der Waals surface area contributed by atoms with E-state index in [1.165, 1.54) is 4.90 Å². The number of nitrogens with one attached hydrogen (secondary N) is 2. The number of β-amino-alcohol motifs (C(OH)–C–C–N with tert-alkyl or cyclic N) is 1. The second-order valence-electron chi connectivity index (χ2n) is 11.7. The van der Waals surface area contributed by atoms with Crippen LogP contribution in [0.5, 0.6) is 0 Å². The third-order valence-electron chi connectivity index (χ3n) is 7.35. The lowest BCUT2D eigenvalue weighted by Crippen LogP contribution is -2.57. The molecule has 0 radical (unpaired) electrons. The van der Waals surface area contributed by atoms with Crippen LogP contribution in [0.2, 0.25) is 0 Å². The summed E-state index contributed by atoms with van der Waals surface area (Å²) in [7, 11) is 0. The first-order valence-corrected chi connectivity index (χ1v) is 16.1. The van der Waals surface area contributed by atoms with E-state index in [1.54, 1.807) is 11.3 Å².